The quantitative estimate of drug-likeness (QED) is 0.312. The van der Waals surface area contributed by atoms with E-state index in [1.807, 2.05) is 0 Å². The van der Waals surface area contributed by atoms with Gasteiger partial charge in [-0.15, -0.1) is 0 Å². The first kappa shape index (κ1) is 23.7. The van der Waals surface area contributed by atoms with Gasteiger partial charge in [0.05, 0.1) is 42.4 Å². The number of rotatable bonds is 7. The van der Waals surface area contributed by atoms with Crippen LogP contribution in [-0.4, -0.2) is 48.9 Å². The minimum atomic E-state index is -4.76. The number of aryl methyl sites for hydroxylation is 1. The van der Waals surface area contributed by atoms with Gasteiger partial charge in [-0.3, -0.25) is 4.79 Å². The van der Waals surface area contributed by atoms with E-state index in [9.17, 15) is 28.1 Å². The second kappa shape index (κ2) is 9.04. The summed E-state index contributed by atoms with van der Waals surface area (Å²) in [5.74, 6) is -0.508. The molecular formula is C21H18F3N7O4. The fourth-order valence-electron chi connectivity index (χ4n) is 3.41. The zero-order valence-electron chi connectivity index (χ0n) is 18.4. The molecule has 0 aliphatic heterocycles. The first-order chi connectivity index (χ1) is 16.6. The minimum absolute atomic E-state index is 0.00139. The number of benzene rings is 1. The van der Waals surface area contributed by atoms with Crippen LogP contribution in [0.4, 0.5) is 19.0 Å². The molecule has 3 heterocycles. The molecular weight excluding hydrogens is 471 g/mol. The molecule has 0 fully saturated rings. The molecule has 11 nitrogen and oxygen atoms in total. The molecule has 0 aliphatic carbocycles. The predicted octanol–water partition coefficient (Wildman–Crippen LogP) is 3.27. The first-order valence-electron chi connectivity index (χ1n) is 10.2. The predicted molar refractivity (Wildman–Crippen MR) is 116 cm³/mol. The molecule has 1 aromatic carbocycles. The number of amides is 1. The van der Waals surface area contributed by atoms with Crippen LogP contribution in [0.3, 0.4) is 0 Å². The number of methoxy groups -OCH3 is 1. The van der Waals surface area contributed by atoms with Crippen molar-refractivity contribution in [2.24, 2.45) is 0 Å². The van der Waals surface area contributed by atoms with Crippen LogP contribution < -0.4 is 10.1 Å². The summed E-state index contributed by atoms with van der Waals surface area (Å²) in [6.45, 7) is 1.75. The number of alkyl halides is 3. The number of nitro groups is 1. The molecule has 0 saturated carbocycles. The summed E-state index contributed by atoms with van der Waals surface area (Å²) < 4.78 is 48.3. The lowest BCUT2D eigenvalue weighted by atomic mass is 10.1. The summed E-state index contributed by atoms with van der Waals surface area (Å²) in [4.78, 5) is 27.2. The molecule has 1 amide bonds. The molecule has 0 aliphatic rings. The molecule has 0 saturated heterocycles. The number of carbonyl (C=O) groups excluding carboxylic acids is 1. The van der Waals surface area contributed by atoms with E-state index >= 15 is 0 Å². The van der Waals surface area contributed by atoms with Crippen molar-refractivity contribution in [1.82, 2.24) is 29.7 Å². The van der Waals surface area contributed by atoms with Gasteiger partial charge in [0.2, 0.25) is 0 Å². The lowest BCUT2D eigenvalue weighted by Gasteiger charge is -2.12. The maximum Gasteiger partial charge on any atom is 0.433 e. The number of halogens is 3. The Morgan fingerprint density at radius 1 is 1.23 bits per heavy atom. The van der Waals surface area contributed by atoms with Crippen LogP contribution in [0, 0.1) is 17.0 Å². The Balaban J connectivity index is 1.63. The molecule has 0 atom stereocenters. The van der Waals surface area contributed by atoms with E-state index in [1.54, 1.807) is 31.2 Å². The number of carbonyl (C=O) groups is 1. The largest absolute Gasteiger partial charge is 0.497 e. The smallest absolute Gasteiger partial charge is 0.433 e. The normalized spacial score (nSPS) is 11.6. The molecule has 0 bridgehead atoms. The van der Waals surface area contributed by atoms with Crippen molar-refractivity contribution in [3.05, 3.63) is 69.7 Å². The molecule has 4 aromatic rings. The maximum atomic E-state index is 13.8. The highest BCUT2D eigenvalue weighted by Crippen LogP contribution is 2.33. The van der Waals surface area contributed by atoms with Gasteiger partial charge in [-0.05, 0) is 42.2 Å². The Bertz CT molecular complexity index is 1410. The topological polar surface area (TPSA) is 129 Å². The minimum Gasteiger partial charge on any atom is -0.497 e. The van der Waals surface area contributed by atoms with Gasteiger partial charge >= 0.3 is 12.0 Å². The van der Waals surface area contributed by atoms with Crippen molar-refractivity contribution in [1.29, 1.82) is 0 Å². The monoisotopic (exact) mass is 489 g/mol. The number of aromatic nitrogens is 5. The summed E-state index contributed by atoms with van der Waals surface area (Å²) in [7, 11) is 1.47. The Morgan fingerprint density at radius 2 is 1.94 bits per heavy atom. The molecule has 0 radical (unpaired) electrons. The van der Waals surface area contributed by atoms with Crippen molar-refractivity contribution in [2.75, 3.05) is 13.7 Å². The number of nitrogens with one attached hydrogen (secondary N) is 1. The first-order valence-corrected chi connectivity index (χ1v) is 10.2. The van der Waals surface area contributed by atoms with Gasteiger partial charge in [-0.1, -0.05) is 0 Å². The Kier molecular flexibility index (Phi) is 6.11. The molecule has 4 rings (SSSR count). The van der Waals surface area contributed by atoms with Crippen molar-refractivity contribution < 1.29 is 27.6 Å². The van der Waals surface area contributed by atoms with E-state index < -0.39 is 22.7 Å². The van der Waals surface area contributed by atoms with Crippen LogP contribution >= 0.6 is 0 Å². The van der Waals surface area contributed by atoms with Gasteiger partial charge in [-0.2, -0.15) is 23.0 Å². The highest BCUT2D eigenvalue weighted by molar-refractivity contribution is 5.99. The third-order valence-corrected chi connectivity index (χ3v) is 5.16. The average molecular weight is 489 g/mol. The standard InChI is InChI=1S/C21H18F3N7O4/c1-12-9-18(31(33)34)28-29(12)8-7-25-20(32)15-11-26-30-17(21(22,23)24)10-16(27-19(15)30)13-3-5-14(35-2)6-4-13/h3-6,9-11H,7-8H2,1-2H3,(H,25,32). The van der Waals surface area contributed by atoms with Gasteiger partial charge < -0.3 is 20.2 Å². The summed E-state index contributed by atoms with van der Waals surface area (Å²) in [5, 5.41) is 21.0. The average Bonchev–Trinajstić information content (AvgIpc) is 3.41. The molecule has 0 spiro atoms. The fraction of sp³-hybridized carbons (Fsp3) is 0.238. The Hall–Kier alpha value is -4.49. The number of hydrogen-bond acceptors (Lipinski definition) is 7. The molecule has 182 valence electrons. The van der Waals surface area contributed by atoms with Crippen molar-refractivity contribution >= 4 is 17.4 Å². The Morgan fingerprint density at radius 3 is 2.54 bits per heavy atom. The van der Waals surface area contributed by atoms with E-state index in [1.165, 1.54) is 17.9 Å². The second-order valence-corrected chi connectivity index (χ2v) is 7.43. The summed E-state index contributed by atoms with van der Waals surface area (Å²) >= 11 is 0. The van der Waals surface area contributed by atoms with Gasteiger partial charge in [-0.25, -0.2) is 9.50 Å². The lowest BCUT2D eigenvalue weighted by Crippen LogP contribution is -2.28. The zero-order chi connectivity index (χ0) is 25.3. The van der Waals surface area contributed by atoms with Crippen LogP contribution in [0.1, 0.15) is 21.7 Å². The molecule has 35 heavy (non-hydrogen) atoms. The third-order valence-electron chi connectivity index (χ3n) is 5.16. The van der Waals surface area contributed by atoms with Gasteiger partial charge in [0.25, 0.3) is 5.91 Å². The van der Waals surface area contributed by atoms with E-state index in [-0.39, 0.29) is 35.8 Å². The van der Waals surface area contributed by atoms with E-state index in [2.05, 4.69) is 20.5 Å². The number of hydrogen-bond donors (Lipinski definition) is 1. The summed E-state index contributed by atoms with van der Waals surface area (Å²) in [6.07, 6.45) is -3.75. The van der Waals surface area contributed by atoms with Crippen molar-refractivity contribution in [3.8, 4) is 17.0 Å². The highest BCUT2D eigenvalue weighted by atomic mass is 19.4. The number of ether oxygens (including phenoxy) is 1. The van der Waals surface area contributed by atoms with Crippen molar-refractivity contribution in [3.63, 3.8) is 0 Å². The van der Waals surface area contributed by atoms with Crippen LogP contribution in [0.25, 0.3) is 16.9 Å². The zero-order valence-corrected chi connectivity index (χ0v) is 18.4. The van der Waals surface area contributed by atoms with Crippen molar-refractivity contribution in [2.45, 2.75) is 19.6 Å². The van der Waals surface area contributed by atoms with E-state index in [0.717, 1.165) is 12.3 Å². The maximum absolute atomic E-state index is 13.8. The van der Waals surface area contributed by atoms with Crippen LogP contribution in [0.2, 0.25) is 0 Å². The molecule has 1 N–H and O–H groups in total. The summed E-state index contributed by atoms with van der Waals surface area (Å²) in [5.41, 5.74) is -0.610. The molecule has 14 heteroatoms. The van der Waals surface area contributed by atoms with E-state index in [4.69, 9.17) is 4.74 Å². The molecule has 3 aromatic heterocycles. The summed E-state index contributed by atoms with van der Waals surface area (Å²) in [6, 6.07) is 8.42. The van der Waals surface area contributed by atoms with E-state index in [0.29, 0.717) is 21.5 Å². The fourth-order valence-corrected chi connectivity index (χ4v) is 3.41. The van der Waals surface area contributed by atoms with Crippen LogP contribution in [0.15, 0.2) is 42.6 Å². The van der Waals surface area contributed by atoms with Gasteiger partial charge in [0.1, 0.15) is 11.3 Å². The van der Waals surface area contributed by atoms with Crippen LogP contribution in [-0.2, 0) is 12.7 Å². The third kappa shape index (κ3) is 4.76. The lowest BCUT2D eigenvalue weighted by molar-refractivity contribution is -0.389. The molecule has 0 unspecified atom stereocenters. The van der Waals surface area contributed by atoms with Gasteiger partial charge in [0.15, 0.2) is 11.3 Å². The number of fused-ring (bicyclic) bond motifs is 1. The van der Waals surface area contributed by atoms with Crippen LogP contribution in [0.5, 0.6) is 5.75 Å². The Labute approximate surface area is 195 Å². The number of nitrogens with zero attached hydrogens (tertiary/aromatic N) is 6. The SMILES string of the molecule is COc1ccc(-c2cc(C(F)(F)F)n3ncc(C(=O)NCCn4nc([N+](=O)[O-])cc4C)c3n2)cc1. The second-order valence-electron chi connectivity index (χ2n) is 7.43. The van der Waals surface area contributed by atoms with Gasteiger partial charge in [0, 0.05) is 12.1 Å². The highest BCUT2D eigenvalue weighted by Gasteiger charge is 2.36.